The fraction of sp³-hybridized carbons (Fsp3) is 0.400. The number of benzene rings is 1. The van der Waals surface area contributed by atoms with Gasteiger partial charge in [-0.05, 0) is 38.1 Å². The molecule has 1 atom stereocenters. The number of nitrogens with zero attached hydrogens (tertiary/aromatic N) is 5. The third-order valence-electron chi connectivity index (χ3n) is 4.53. The van der Waals surface area contributed by atoms with Crippen LogP contribution in [0.25, 0.3) is 0 Å². The van der Waals surface area contributed by atoms with Crippen LogP contribution in [0.1, 0.15) is 19.5 Å². The number of amides is 1. The van der Waals surface area contributed by atoms with E-state index in [2.05, 4.69) is 16.0 Å². The van der Waals surface area contributed by atoms with Gasteiger partial charge in [0.05, 0.1) is 12.4 Å². The number of hydrogen-bond donors (Lipinski definition) is 0. The van der Waals surface area contributed by atoms with Crippen LogP contribution >= 0.6 is 11.8 Å². The largest absolute Gasteiger partial charge is 0.494 e. The summed E-state index contributed by atoms with van der Waals surface area (Å²) in [6.07, 6.45) is 3.11. The van der Waals surface area contributed by atoms with E-state index in [9.17, 15) is 10.1 Å². The molecule has 0 bridgehead atoms. The molecule has 0 radical (unpaired) electrons. The maximum Gasteiger partial charge on any atom is 0.233 e. The summed E-state index contributed by atoms with van der Waals surface area (Å²) < 4.78 is 5.44. The van der Waals surface area contributed by atoms with E-state index >= 15 is 0 Å². The van der Waals surface area contributed by atoms with E-state index < -0.39 is 0 Å². The third-order valence-corrected chi connectivity index (χ3v) is 5.53. The summed E-state index contributed by atoms with van der Waals surface area (Å²) in [6, 6.07) is 9.91. The number of carbonyl (C=O) groups is 1. The number of aromatic nitrogens is 2. The number of piperazine rings is 1. The van der Waals surface area contributed by atoms with E-state index in [-0.39, 0.29) is 11.9 Å². The van der Waals surface area contributed by atoms with Crippen LogP contribution in [0, 0.1) is 11.3 Å². The van der Waals surface area contributed by atoms with Gasteiger partial charge in [0.25, 0.3) is 0 Å². The van der Waals surface area contributed by atoms with Crippen LogP contribution in [-0.4, -0.2) is 58.8 Å². The number of ether oxygens (including phenoxy) is 1. The van der Waals surface area contributed by atoms with Crippen molar-refractivity contribution in [2.75, 3.05) is 36.9 Å². The standard InChI is InChI=1S/C20H23N5O2S/c1-3-27-16-4-6-17(7-5-16)28-14-19(26)25-11-10-24(13-15(25)2)20-18(12-21)22-8-9-23-20/h4-9,15H,3,10-11,13-14H2,1-2H3/t15-/m1/s1. The molecule has 1 fully saturated rings. The number of anilines is 1. The zero-order valence-corrected chi connectivity index (χ0v) is 16.9. The van der Waals surface area contributed by atoms with Crippen molar-refractivity contribution in [3.05, 3.63) is 42.4 Å². The summed E-state index contributed by atoms with van der Waals surface area (Å²) in [7, 11) is 0. The fourth-order valence-electron chi connectivity index (χ4n) is 3.19. The molecule has 7 nitrogen and oxygen atoms in total. The maximum absolute atomic E-state index is 12.7. The minimum absolute atomic E-state index is 0.0377. The summed E-state index contributed by atoms with van der Waals surface area (Å²) in [4.78, 5) is 26.0. The molecule has 1 aromatic carbocycles. The Bertz CT molecular complexity index is 852. The van der Waals surface area contributed by atoms with E-state index in [1.54, 1.807) is 6.20 Å². The fourth-order valence-corrected chi connectivity index (χ4v) is 3.97. The molecule has 28 heavy (non-hydrogen) atoms. The minimum Gasteiger partial charge on any atom is -0.494 e. The zero-order chi connectivity index (χ0) is 19.9. The summed E-state index contributed by atoms with van der Waals surface area (Å²) in [5.74, 6) is 1.94. The molecule has 1 aromatic heterocycles. The summed E-state index contributed by atoms with van der Waals surface area (Å²) >= 11 is 1.53. The van der Waals surface area contributed by atoms with E-state index in [0.29, 0.717) is 43.5 Å². The zero-order valence-electron chi connectivity index (χ0n) is 16.0. The van der Waals surface area contributed by atoms with Crippen molar-refractivity contribution < 1.29 is 9.53 Å². The Labute approximate surface area is 169 Å². The third kappa shape index (κ3) is 4.73. The van der Waals surface area contributed by atoms with Gasteiger partial charge in [-0.15, -0.1) is 11.8 Å². The molecule has 3 rings (SSSR count). The van der Waals surface area contributed by atoms with E-state index in [1.165, 1.54) is 18.0 Å². The second-order valence-corrected chi connectivity index (χ2v) is 7.46. The second-order valence-electron chi connectivity index (χ2n) is 6.42. The van der Waals surface area contributed by atoms with Crippen molar-refractivity contribution in [3.8, 4) is 11.8 Å². The van der Waals surface area contributed by atoms with Gasteiger partial charge in [0, 0.05) is 43.0 Å². The smallest absolute Gasteiger partial charge is 0.233 e. The molecule has 1 amide bonds. The van der Waals surface area contributed by atoms with Crippen molar-refractivity contribution >= 4 is 23.5 Å². The van der Waals surface area contributed by atoms with Gasteiger partial charge in [-0.2, -0.15) is 5.26 Å². The van der Waals surface area contributed by atoms with Crippen LogP contribution < -0.4 is 9.64 Å². The van der Waals surface area contributed by atoms with Crippen molar-refractivity contribution in [2.45, 2.75) is 24.8 Å². The second kappa shape index (κ2) is 9.42. The predicted octanol–water partition coefficient (Wildman–Crippen LogP) is 2.58. The Morgan fingerprint density at radius 1 is 1.29 bits per heavy atom. The molecule has 0 saturated carbocycles. The van der Waals surface area contributed by atoms with Gasteiger partial charge in [-0.25, -0.2) is 9.97 Å². The number of rotatable bonds is 6. The summed E-state index contributed by atoms with van der Waals surface area (Å²) in [5, 5.41) is 9.23. The Balaban J connectivity index is 1.55. The highest BCUT2D eigenvalue weighted by molar-refractivity contribution is 8.00. The first-order valence-electron chi connectivity index (χ1n) is 9.23. The van der Waals surface area contributed by atoms with Crippen molar-refractivity contribution in [1.82, 2.24) is 14.9 Å². The first-order chi connectivity index (χ1) is 13.6. The first kappa shape index (κ1) is 20.0. The highest BCUT2D eigenvalue weighted by atomic mass is 32.2. The molecule has 0 spiro atoms. The molecule has 8 heteroatoms. The van der Waals surface area contributed by atoms with E-state index in [0.717, 1.165) is 10.6 Å². The molecule has 1 saturated heterocycles. The van der Waals surface area contributed by atoms with Crippen LogP contribution in [-0.2, 0) is 4.79 Å². The molecule has 0 unspecified atom stereocenters. The topological polar surface area (TPSA) is 82.3 Å². The van der Waals surface area contributed by atoms with E-state index in [1.807, 2.05) is 47.9 Å². The number of carbonyl (C=O) groups excluding carboxylic acids is 1. The highest BCUT2D eigenvalue weighted by Gasteiger charge is 2.29. The quantitative estimate of drug-likeness (QED) is 0.693. The molecular formula is C20H23N5O2S. The van der Waals surface area contributed by atoms with Gasteiger partial charge in [-0.1, -0.05) is 0 Å². The van der Waals surface area contributed by atoms with Gasteiger partial charge in [0.2, 0.25) is 5.91 Å². The Kier molecular flexibility index (Phi) is 6.71. The van der Waals surface area contributed by atoms with Gasteiger partial charge in [0.15, 0.2) is 11.5 Å². The molecule has 1 aliphatic rings. The maximum atomic E-state index is 12.7. The molecule has 2 aromatic rings. The predicted molar refractivity (Wildman–Crippen MR) is 108 cm³/mol. The monoisotopic (exact) mass is 397 g/mol. The molecule has 2 heterocycles. The van der Waals surface area contributed by atoms with Crippen molar-refractivity contribution in [3.63, 3.8) is 0 Å². The molecule has 0 N–H and O–H groups in total. The Morgan fingerprint density at radius 2 is 2.04 bits per heavy atom. The van der Waals surface area contributed by atoms with Crippen LogP contribution in [0.4, 0.5) is 5.82 Å². The molecule has 1 aliphatic heterocycles. The number of hydrogen-bond acceptors (Lipinski definition) is 7. The number of thioether (sulfide) groups is 1. The minimum atomic E-state index is 0.0377. The van der Waals surface area contributed by atoms with Gasteiger partial charge < -0.3 is 14.5 Å². The van der Waals surface area contributed by atoms with Crippen LogP contribution in [0.3, 0.4) is 0 Å². The Morgan fingerprint density at radius 3 is 2.71 bits per heavy atom. The lowest BCUT2D eigenvalue weighted by molar-refractivity contribution is -0.130. The van der Waals surface area contributed by atoms with E-state index in [4.69, 9.17) is 4.74 Å². The molecular weight excluding hydrogens is 374 g/mol. The van der Waals surface area contributed by atoms with Crippen molar-refractivity contribution in [1.29, 1.82) is 5.26 Å². The first-order valence-corrected chi connectivity index (χ1v) is 10.2. The normalized spacial score (nSPS) is 16.5. The average Bonchev–Trinajstić information content (AvgIpc) is 2.73. The van der Waals surface area contributed by atoms with Crippen LogP contribution in [0.5, 0.6) is 5.75 Å². The number of nitriles is 1. The summed E-state index contributed by atoms with van der Waals surface area (Å²) in [6.45, 7) is 6.48. The molecule has 0 aliphatic carbocycles. The van der Waals surface area contributed by atoms with Gasteiger partial charge >= 0.3 is 0 Å². The lowest BCUT2D eigenvalue weighted by atomic mass is 10.2. The lowest BCUT2D eigenvalue weighted by Gasteiger charge is -2.40. The SMILES string of the molecule is CCOc1ccc(SCC(=O)N2CCN(c3nccnc3C#N)C[C@H]2C)cc1. The van der Waals surface area contributed by atoms with Gasteiger partial charge in [-0.3, -0.25) is 4.79 Å². The Hall–Kier alpha value is -2.79. The summed E-state index contributed by atoms with van der Waals surface area (Å²) in [5.41, 5.74) is 0.320. The lowest BCUT2D eigenvalue weighted by Crippen LogP contribution is -2.55. The van der Waals surface area contributed by atoms with Crippen LogP contribution in [0.2, 0.25) is 0 Å². The van der Waals surface area contributed by atoms with Crippen LogP contribution in [0.15, 0.2) is 41.6 Å². The highest BCUT2D eigenvalue weighted by Crippen LogP contribution is 2.24. The molecule has 146 valence electrons. The van der Waals surface area contributed by atoms with Crippen molar-refractivity contribution in [2.24, 2.45) is 0 Å². The average molecular weight is 398 g/mol. The van der Waals surface area contributed by atoms with Gasteiger partial charge in [0.1, 0.15) is 11.8 Å².